The number of aromatic nitrogens is 2. The van der Waals surface area contributed by atoms with Crippen molar-refractivity contribution in [3.05, 3.63) is 47.5 Å². The number of H-pyrrole nitrogens is 1. The van der Waals surface area contributed by atoms with E-state index in [1.54, 1.807) is 31.6 Å². The van der Waals surface area contributed by atoms with Crippen molar-refractivity contribution in [1.82, 2.24) is 14.7 Å². The van der Waals surface area contributed by atoms with E-state index in [4.69, 9.17) is 18.0 Å². The Hall–Kier alpha value is -1.77. The molecular formula is C13H16N4O2S2. The fourth-order valence-electron chi connectivity index (χ4n) is 1.86. The Morgan fingerprint density at radius 1 is 1.48 bits per heavy atom. The van der Waals surface area contributed by atoms with Crippen molar-refractivity contribution in [2.24, 2.45) is 5.73 Å². The Balaban J connectivity index is 2.15. The summed E-state index contributed by atoms with van der Waals surface area (Å²) >= 11 is 4.88. The van der Waals surface area contributed by atoms with Gasteiger partial charge in [0.15, 0.2) is 0 Å². The SMILES string of the molecule is Cc1ccc(C(N)=S)cc1S(=O)(=O)NCCc1cnc[nH]1. The summed E-state index contributed by atoms with van der Waals surface area (Å²) < 4.78 is 27.2. The van der Waals surface area contributed by atoms with Crippen LogP contribution in [0.25, 0.3) is 0 Å². The molecule has 6 nitrogen and oxygen atoms in total. The summed E-state index contributed by atoms with van der Waals surface area (Å²) in [4.78, 5) is 7.16. The zero-order valence-corrected chi connectivity index (χ0v) is 13.1. The second-order valence-electron chi connectivity index (χ2n) is 4.57. The van der Waals surface area contributed by atoms with Gasteiger partial charge in [-0.1, -0.05) is 24.4 Å². The third-order valence-electron chi connectivity index (χ3n) is 3.00. The van der Waals surface area contributed by atoms with Crippen LogP contribution in [-0.2, 0) is 16.4 Å². The molecule has 8 heteroatoms. The summed E-state index contributed by atoms with van der Waals surface area (Å²) in [5, 5.41) is 0. The van der Waals surface area contributed by atoms with E-state index in [1.165, 1.54) is 6.07 Å². The number of nitrogens with zero attached hydrogens (tertiary/aromatic N) is 1. The van der Waals surface area contributed by atoms with Crippen LogP contribution in [0.1, 0.15) is 16.8 Å². The maximum absolute atomic E-state index is 12.3. The van der Waals surface area contributed by atoms with Gasteiger partial charge in [-0.2, -0.15) is 0 Å². The molecule has 1 heterocycles. The van der Waals surface area contributed by atoms with Gasteiger partial charge in [0.2, 0.25) is 10.0 Å². The van der Waals surface area contributed by atoms with E-state index in [9.17, 15) is 8.42 Å². The van der Waals surface area contributed by atoms with Gasteiger partial charge >= 0.3 is 0 Å². The molecule has 4 N–H and O–H groups in total. The molecule has 112 valence electrons. The second-order valence-corrected chi connectivity index (χ2v) is 6.74. The van der Waals surface area contributed by atoms with Gasteiger partial charge in [-0.3, -0.25) is 0 Å². The Morgan fingerprint density at radius 2 is 2.24 bits per heavy atom. The quantitative estimate of drug-likeness (QED) is 0.685. The first-order chi connectivity index (χ1) is 9.90. The van der Waals surface area contributed by atoms with Crippen LogP contribution in [0.2, 0.25) is 0 Å². The highest BCUT2D eigenvalue weighted by atomic mass is 32.2. The fourth-order valence-corrected chi connectivity index (χ4v) is 3.29. The van der Waals surface area contributed by atoms with Gasteiger partial charge in [-0.05, 0) is 18.6 Å². The molecule has 0 saturated heterocycles. The molecule has 1 aromatic carbocycles. The molecule has 2 aromatic rings. The lowest BCUT2D eigenvalue weighted by Crippen LogP contribution is -2.27. The highest BCUT2D eigenvalue weighted by molar-refractivity contribution is 7.89. The number of nitrogens with two attached hydrogens (primary N) is 1. The minimum atomic E-state index is -3.60. The summed E-state index contributed by atoms with van der Waals surface area (Å²) in [5.74, 6) is 0. The minimum Gasteiger partial charge on any atom is -0.389 e. The van der Waals surface area contributed by atoms with Gasteiger partial charge < -0.3 is 10.7 Å². The first-order valence-corrected chi connectivity index (χ1v) is 8.16. The molecule has 0 aliphatic rings. The zero-order valence-electron chi connectivity index (χ0n) is 11.5. The van der Waals surface area contributed by atoms with Crippen molar-refractivity contribution < 1.29 is 8.42 Å². The highest BCUT2D eigenvalue weighted by Crippen LogP contribution is 2.17. The van der Waals surface area contributed by atoms with Crippen LogP contribution in [-0.4, -0.2) is 29.9 Å². The Kier molecular flexibility index (Phi) is 4.71. The number of hydrogen-bond acceptors (Lipinski definition) is 4. The van der Waals surface area contributed by atoms with E-state index in [0.717, 1.165) is 5.69 Å². The normalized spacial score (nSPS) is 11.5. The lowest BCUT2D eigenvalue weighted by Gasteiger charge is -2.10. The number of imidazole rings is 1. The summed E-state index contributed by atoms with van der Waals surface area (Å²) in [7, 11) is -3.60. The predicted molar refractivity (Wildman–Crippen MR) is 84.5 cm³/mol. The number of aromatic amines is 1. The van der Waals surface area contributed by atoms with Gasteiger partial charge in [-0.15, -0.1) is 0 Å². The molecule has 0 atom stereocenters. The molecule has 0 fully saturated rings. The molecule has 0 aliphatic heterocycles. The summed E-state index contributed by atoms with van der Waals surface area (Å²) in [5.41, 5.74) is 7.59. The van der Waals surface area contributed by atoms with E-state index in [1.807, 2.05) is 0 Å². The average molecular weight is 324 g/mol. The average Bonchev–Trinajstić information content (AvgIpc) is 2.91. The molecule has 0 saturated carbocycles. The molecule has 0 bridgehead atoms. The van der Waals surface area contributed by atoms with E-state index in [0.29, 0.717) is 17.5 Å². The van der Waals surface area contributed by atoms with Gasteiger partial charge in [0, 0.05) is 30.4 Å². The first kappa shape index (κ1) is 15.6. The van der Waals surface area contributed by atoms with Crippen LogP contribution >= 0.6 is 12.2 Å². The fraction of sp³-hybridized carbons (Fsp3) is 0.231. The van der Waals surface area contributed by atoms with Gasteiger partial charge in [0.25, 0.3) is 0 Å². The summed E-state index contributed by atoms with van der Waals surface area (Å²) in [6, 6.07) is 4.90. The molecule has 1 aromatic heterocycles. The number of sulfonamides is 1. The number of benzene rings is 1. The van der Waals surface area contributed by atoms with Crippen molar-refractivity contribution in [2.45, 2.75) is 18.2 Å². The minimum absolute atomic E-state index is 0.170. The van der Waals surface area contributed by atoms with E-state index in [2.05, 4.69) is 14.7 Å². The third-order valence-corrected chi connectivity index (χ3v) is 4.84. The Labute approximate surface area is 128 Å². The van der Waals surface area contributed by atoms with Gasteiger partial charge in [0.05, 0.1) is 11.2 Å². The second kappa shape index (κ2) is 6.33. The van der Waals surface area contributed by atoms with Crippen molar-refractivity contribution in [1.29, 1.82) is 0 Å². The van der Waals surface area contributed by atoms with Crippen LogP contribution in [0.5, 0.6) is 0 Å². The van der Waals surface area contributed by atoms with Crippen molar-refractivity contribution in [3.63, 3.8) is 0 Å². The van der Waals surface area contributed by atoms with Crippen LogP contribution in [0.4, 0.5) is 0 Å². The van der Waals surface area contributed by atoms with Gasteiger partial charge in [-0.25, -0.2) is 18.1 Å². The van der Waals surface area contributed by atoms with Crippen LogP contribution in [0, 0.1) is 6.92 Å². The largest absolute Gasteiger partial charge is 0.389 e. The topological polar surface area (TPSA) is 101 Å². The Morgan fingerprint density at radius 3 is 2.86 bits per heavy atom. The van der Waals surface area contributed by atoms with Crippen LogP contribution in [0.15, 0.2) is 35.6 Å². The number of rotatable bonds is 6. The first-order valence-electron chi connectivity index (χ1n) is 6.27. The molecule has 0 unspecified atom stereocenters. The molecule has 2 rings (SSSR count). The van der Waals surface area contributed by atoms with Gasteiger partial charge in [0.1, 0.15) is 4.99 Å². The van der Waals surface area contributed by atoms with Crippen molar-refractivity contribution >= 4 is 27.2 Å². The zero-order chi connectivity index (χ0) is 15.5. The number of thiocarbonyl (C=S) groups is 1. The molecule has 0 aliphatic carbocycles. The molecule has 0 amide bonds. The van der Waals surface area contributed by atoms with E-state index >= 15 is 0 Å². The number of hydrogen-bond donors (Lipinski definition) is 3. The summed E-state index contributed by atoms with van der Waals surface area (Å²) in [6.07, 6.45) is 3.75. The lowest BCUT2D eigenvalue weighted by atomic mass is 10.1. The van der Waals surface area contributed by atoms with E-state index in [-0.39, 0.29) is 16.4 Å². The molecule has 0 radical (unpaired) electrons. The number of aryl methyl sites for hydroxylation is 1. The highest BCUT2D eigenvalue weighted by Gasteiger charge is 2.17. The van der Waals surface area contributed by atoms with Crippen LogP contribution in [0.3, 0.4) is 0 Å². The third kappa shape index (κ3) is 3.87. The molecular weight excluding hydrogens is 308 g/mol. The maximum Gasteiger partial charge on any atom is 0.240 e. The van der Waals surface area contributed by atoms with Crippen molar-refractivity contribution in [3.8, 4) is 0 Å². The monoisotopic (exact) mass is 324 g/mol. The summed E-state index contributed by atoms with van der Waals surface area (Å²) in [6.45, 7) is 2.01. The van der Waals surface area contributed by atoms with E-state index < -0.39 is 10.0 Å². The van der Waals surface area contributed by atoms with Crippen molar-refractivity contribution in [2.75, 3.05) is 6.54 Å². The lowest BCUT2D eigenvalue weighted by molar-refractivity contribution is 0.580. The molecule has 0 spiro atoms. The maximum atomic E-state index is 12.3. The van der Waals surface area contributed by atoms with Crippen LogP contribution < -0.4 is 10.5 Å². The number of nitrogens with one attached hydrogen (secondary N) is 2. The smallest absolute Gasteiger partial charge is 0.240 e. The standard InChI is InChI=1S/C13H16N4O2S2/c1-9-2-3-10(13(14)20)6-12(9)21(18,19)17-5-4-11-7-15-8-16-11/h2-3,6-8,17H,4-5H2,1H3,(H2,14,20)(H,15,16). The Bertz CT molecular complexity index is 740. The predicted octanol–water partition coefficient (Wildman–Crippen LogP) is 0.873. The molecule has 21 heavy (non-hydrogen) atoms.